The van der Waals surface area contributed by atoms with Crippen molar-refractivity contribution in [2.24, 2.45) is 17.1 Å². The summed E-state index contributed by atoms with van der Waals surface area (Å²) in [6.45, 7) is 0.416. The second-order valence-electron chi connectivity index (χ2n) is 4.45. The molecule has 3 N–H and O–H groups in total. The first-order valence-corrected chi connectivity index (χ1v) is 5.58. The predicted molar refractivity (Wildman–Crippen MR) is 57.2 cm³/mol. The highest BCUT2D eigenvalue weighted by molar-refractivity contribution is 5.77. The Hall–Kier alpha value is -0.610. The Labute approximate surface area is 90.8 Å². The summed E-state index contributed by atoms with van der Waals surface area (Å²) in [6, 6.07) is 0. The van der Waals surface area contributed by atoms with E-state index >= 15 is 0 Å². The summed E-state index contributed by atoms with van der Waals surface area (Å²) >= 11 is 0. The molecule has 0 spiro atoms. The van der Waals surface area contributed by atoms with Gasteiger partial charge in [-0.05, 0) is 25.2 Å². The predicted octanol–water partition coefficient (Wildman–Crippen LogP) is 0.677. The maximum Gasteiger partial charge on any atom is 0.313 e. The molecule has 1 unspecified atom stereocenters. The third kappa shape index (κ3) is 3.18. The zero-order chi connectivity index (χ0) is 11.3. The van der Waals surface area contributed by atoms with E-state index in [1.807, 2.05) is 0 Å². The van der Waals surface area contributed by atoms with Gasteiger partial charge in [0.05, 0.1) is 12.5 Å². The van der Waals surface area contributed by atoms with Gasteiger partial charge in [-0.3, -0.25) is 4.79 Å². The van der Waals surface area contributed by atoms with Crippen molar-refractivity contribution >= 4 is 5.97 Å². The lowest BCUT2D eigenvalue weighted by atomic mass is 9.78. The quantitative estimate of drug-likeness (QED) is 0.612. The Morgan fingerprint density at radius 3 is 2.67 bits per heavy atom. The number of nitrogens with two attached hydrogens (primary N) is 1. The number of hydrogen-bond donors (Lipinski definition) is 2. The van der Waals surface area contributed by atoms with E-state index in [4.69, 9.17) is 15.6 Å². The molecule has 0 aliphatic heterocycles. The minimum Gasteiger partial charge on any atom is -0.469 e. The van der Waals surface area contributed by atoms with Crippen LogP contribution in [0.4, 0.5) is 0 Å². The first kappa shape index (κ1) is 12.5. The minimum atomic E-state index is -0.557. The van der Waals surface area contributed by atoms with Crippen LogP contribution in [0.25, 0.3) is 0 Å². The Morgan fingerprint density at radius 2 is 2.27 bits per heavy atom. The molecule has 4 heteroatoms. The fraction of sp³-hybridized carbons (Fsp3) is 0.909. The molecule has 0 aromatic heterocycles. The van der Waals surface area contributed by atoms with Gasteiger partial charge in [0.15, 0.2) is 0 Å². The number of carbonyl (C=O) groups excluding carboxylic acids is 1. The summed E-state index contributed by atoms with van der Waals surface area (Å²) in [4.78, 5) is 11.8. The summed E-state index contributed by atoms with van der Waals surface area (Å²) in [5.41, 5.74) is 5.16. The van der Waals surface area contributed by atoms with Crippen molar-refractivity contribution in [3.8, 4) is 0 Å². The highest BCUT2D eigenvalue weighted by Gasteiger charge is 2.42. The molecule has 0 aromatic rings. The summed E-state index contributed by atoms with van der Waals surface area (Å²) in [5.74, 6) is 0.414. The van der Waals surface area contributed by atoms with E-state index in [9.17, 15) is 4.79 Å². The van der Waals surface area contributed by atoms with Crippen molar-refractivity contribution in [1.82, 2.24) is 0 Å². The normalized spacial score (nSPS) is 19.7. The number of carbonyl (C=O) groups is 1. The molecule has 1 rings (SSSR count). The molecule has 1 aliphatic carbocycles. The van der Waals surface area contributed by atoms with Gasteiger partial charge in [0.1, 0.15) is 0 Å². The van der Waals surface area contributed by atoms with E-state index in [1.54, 1.807) is 0 Å². The number of esters is 1. The standard InChI is InChI=1S/C11H21NO3/c1-15-10(14)11(8-12,5-2-6-13)7-9-3-4-9/h9,13H,2-8,12H2,1H3. The van der Waals surface area contributed by atoms with Gasteiger partial charge in [-0.25, -0.2) is 0 Å². The van der Waals surface area contributed by atoms with Gasteiger partial charge in [-0.1, -0.05) is 12.8 Å². The van der Waals surface area contributed by atoms with Crippen molar-refractivity contribution in [3.05, 3.63) is 0 Å². The van der Waals surface area contributed by atoms with Crippen molar-refractivity contribution in [2.75, 3.05) is 20.3 Å². The van der Waals surface area contributed by atoms with Gasteiger partial charge in [-0.2, -0.15) is 0 Å². The van der Waals surface area contributed by atoms with Gasteiger partial charge in [0, 0.05) is 13.2 Å². The fourth-order valence-electron chi connectivity index (χ4n) is 2.06. The number of rotatable bonds is 7. The van der Waals surface area contributed by atoms with Crippen LogP contribution in [0.15, 0.2) is 0 Å². The number of aliphatic hydroxyl groups is 1. The van der Waals surface area contributed by atoms with E-state index < -0.39 is 5.41 Å². The highest BCUT2D eigenvalue weighted by atomic mass is 16.5. The highest BCUT2D eigenvalue weighted by Crippen LogP contribution is 2.42. The lowest BCUT2D eigenvalue weighted by Crippen LogP contribution is -2.40. The van der Waals surface area contributed by atoms with Crippen molar-refractivity contribution < 1.29 is 14.6 Å². The molecule has 1 saturated carbocycles. The van der Waals surface area contributed by atoms with Gasteiger partial charge in [0.25, 0.3) is 0 Å². The van der Waals surface area contributed by atoms with Gasteiger partial charge in [-0.15, -0.1) is 0 Å². The monoisotopic (exact) mass is 215 g/mol. The Balaban J connectivity index is 2.63. The number of methoxy groups -OCH3 is 1. The topological polar surface area (TPSA) is 72.5 Å². The van der Waals surface area contributed by atoms with Crippen molar-refractivity contribution in [3.63, 3.8) is 0 Å². The van der Waals surface area contributed by atoms with Crippen LogP contribution in [-0.4, -0.2) is 31.3 Å². The van der Waals surface area contributed by atoms with E-state index in [2.05, 4.69) is 0 Å². The fourth-order valence-corrected chi connectivity index (χ4v) is 2.06. The second kappa shape index (κ2) is 5.47. The maximum absolute atomic E-state index is 11.8. The molecular formula is C11H21NO3. The van der Waals surface area contributed by atoms with Crippen molar-refractivity contribution in [1.29, 1.82) is 0 Å². The number of hydrogen-bond acceptors (Lipinski definition) is 4. The molecule has 0 radical (unpaired) electrons. The van der Waals surface area contributed by atoms with E-state index in [0.29, 0.717) is 25.3 Å². The minimum absolute atomic E-state index is 0.101. The van der Waals surface area contributed by atoms with Crippen LogP contribution in [0.2, 0.25) is 0 Å². The molecule has 0 heterocycles. The molecule has 4 nitrogen and oxygen atoms in total. The summed E-state index contributed by atoms with van der Waals surface area (Å²) < 4.78 is 4.83. The average Bonchev–Trinajstić information content (AvgIpc) is 3.07. The van der Waals surface area contributed by atoms with Crippen LogP contribution < -0.4 is 5.73 Å². The molecule has 0 saturated heterocycles. The van der Waals surface area contributed by atoms with E-state index in [-0.39, 0.29) is 12.6 Å². The Morgan fingerprint density at radius 1 is 1.60 bits per heavy atom. The van der Waals surface area contributed by atoms with E-state index in [0.717, 1.165) is 6.42 Å². The van der Waals surface area contributed by atoms with Crippen LogP contribution in [0.5, 0.6) is 0 Å². The van der Waals surface area contributed by atoms with Gasteiger partial charge < -0.3 is 15.6 Å². The molecule has 1 atom stereocenters. The van der Waals surface area contributed by atoms with Crippen LogP contribution in [-0.2, 0) is 9.53 Å². The van der Waals surface area contributed by atoms with Gasteiger partial charge >= 0.3 is 5.97 Å². The molecule has 1 aliphatic rings. The molecule has 0 amide bonds. The lowest BCUT2D eigenvalue weighted by Gasteiger charge is -2.29. The summed E-state index contributed by atoms with van der Waals surface area (Å²) in [6.07, 6.45) is 4.44. The number of ether oxygens (including phenoxy) is 1. The molecule has 88 valence electrons. The first-order valence-electron chi connectivity index (χ1n) is 5.58. The van der Waals surface area contributed by atoms with Gasteiger partial charge in [0.2, 0.25) is 0 Å². The molecule has 15 heavy (non-hydrogen) atoms. The SMILES string of the molecule is COC(=O)C(CN)(CCCO)CC1CC1. The number of aliphatic hydroxyl groups excluding tert-OH is 1. The largest absolute Gasteiger partial charge is 0.469 e. The smallest absolute Gasteiger partial charge is 0.313 e. The van der Waals surface area contributed by atoms with Crippen molar-refractivity contribution in [2.45, 2.75) is 32.1 Å². The Kier molecular flexibility index (Phi) is 4.54. The molecular weight excluding hydrogens is 194 g/mol. The molecule has 0 bridgehead atoms. The molecule has 1 fully saturated rings. The third-order valence-corrected chi connectivity index (χ3v) is 3.20. The van der Waals surface area contributed by atoms with Crippen LogP contribution in [0.3, 0.4) is 0 Å². The Bertz CT molecular complexity index is 216. The third-order valence-electron chi connectivity index (χ3n) is 3.20. The summed E-state index contributed by atoms with van der Waals surface area (Å²) in [5, 5.41) is 8.84. The van der Waals surface area contributed by atoms with Crippen LogP contribution in [0, 0.1) is 11.3 Å². The summed E-state index contributed by atoms with van der Waals surface area (Å²) in [7, 11) is 1.40. The second-order valence-corrected chi connectivity index (χ2v) is 4.45. The van der Waals surface area contributed by atoms with Crippen LogP contribution in [0.1, 0.15) is 32.1 Å². The lowest BCUT2D eigenvalue weighted by molar-refractivity contribution is -0.153. The first-order chi connectivity index (χ1) is 7.18. The zero-order valence-corrected chi connectivity index (χ0v) is 9.37. The zero-order valence-electron chi connectivity index (χ0n) is 9.37. The van der Waals surface area contributed by atoms with Crippen LogP contribution >= 0.6 is 0 Å². The van der Waals surface area contributed by atoms with E-state index in [1.165, 1.54) is 20.0 Å². The maximum atomic E-state index is 11.8. The molecule has 0 aromatic carbocycles. The average molecular weight is 215 g/mol.